The van der Waals surface area contributed by atoms with Crippen LogP contribution >= 0.6 is 0 Å². The van der Waals surface area contributed by atoms with Crippen LogP contribution in [0, 0.1) is 0 Å². The van der Waals surface area contributed by atoms with Crippen molar-refractivity contribution in [2.75, 3.05) is 52.5 Å². The summed E-state index contributed by atoms with van der Waals surface area (Å²) < 4.78 is 45.5. The average molecular weight is 413 g/mol. The molecule has 0 spiro atoms. The lowest BCUT2D eigenvalue weighted by Gasteiger charge is -2.37. The summed E-state index contributed by atoms with van der Waals surface area (Å²) in [6, 6.07) is 7.34. The summed E-state index contributed by atoms with van der Waals surface area (Å²) in [5, 5.41) is 0. The molecule has 1 aromatic rings. The first-order valence-corrected chi connectivity index (χ1v) is 10.9. The standard InChI is InChI=1S/C18H27N3O6S/c1-3-20(13-15-14-26-16-7-5-6-8-17(16)27-15)28(23,24)21-11-9-19(10-12-21)18(22)25-4-2/h5-8,15H,3-4,9-14H2,1-2H3. The molecule has 0 bridgehead atoms. The van der Waals surface area contributed by atoms with Crippen molar-refractivity contribution in [2.24, 2.45) is 0 Å². The first kappa shape index (κ1) is 20.7. The SMILES string of the molecule is CCOC(=O)N1CCN(S(=O)(=O)N(CC)CC2COc3ccccc3O2)CC1. The molecule has 3 rings (SSSR count). The lowest BCUT2D eigenvalue weighted by molar-refractivity contribution is 0.0739. The second-order valence-corrected chi connectivity index (χ2v) is 8.47. The summed E-state index contributed by atoms with van der Waals surface area (Å²) in [6.45, 7) is 5.75. The molecular weight excluding hydrogens is 386 g/mol. The molecule has 2 aliphatic rings. The Bertz CT molecular complexity index is 779. The van der Waals surface area contributed by atoms with Crippen LogP contribution in [0.15, 0.2) is 24.3 Å². The van der Waals surface area contributed by atoms with E-state index in [4.69, 9.17) is 14.2 Å². The van der Waals surface area contributed by atoms with Gasteiger partial charge in [0.25, 0.3) is 10.2 Å². The first-order chi connectivity index (χ1) is 13.5. The number of nitrogens with zero attached hydrogens (tertiary/aromatic N) is 3. The molecule has 28 heavy (non-hydrogen) atoms. The third kappa shape index (κ3) is 4.50. The third-order valence-electron chi connectivity index (χ3n) is 4.74. The molecule has 2 aliphatic heterocycles. The van der Waals surface area contributed by atoms with Gasteiger partial charge >= 0.3 is 6.09 Å². The molecule has 0 radical (unpaired) electrons. The zero-order valence-corrected chi connectivity index (χ0v) is 17.1. The zero-order chi connectivity index (χ0) is 20.1. The summed E-state index contributed by atoms with van der Waals surface area (Å²) in [6.07, 6.45) is -0.788. The van der Waals surface area contributed by atoms with E-state index in [0.717, 1.165) is 0 Å². The van der Waals surface area contributed by atoms with Crippen LogP contribution < -0.4 is 9.47 Å². The predicted octanol–water partition coefficient (Wildman–Crippen LogP) is 1.17. The first-order valence-electron chi connectivity index (χ1n) is 9.51. The minimum Gasteiger partial charge on any atom is -0.486 e. The maximum atomic E-state index is 13.1. The minimum absolute atomic E-state index is 0.200. The van der Waals surface area contributed by atoms with Gasteiger partial charge in [0.2, 0.25) is 0 Å². The number of para-hydroxylation sites is 2. The van der Waals surface area contributed by atoms with Gasteiger partial charge in [0.05, 0.1) is 13.2 Å². The normalized spacial score (nSPS) is 20.2. The molecule has 1 unspecified atom stereocenters. The number of carbonyl (C=O) groups is 1. The fourth-order valence-corrected chi connectivity index (χ4v) is 4.88. The molecule has 9 nitrogen and oxygen atoms in total. The molecule has 1 fully saturated rings. The molecule has 1 saturated heterocycles. The maximum Gasteiger partial charge on any atom is 0.409 e. The van der Waals surface area contributed by atoms with E-state index >= 15 is 0 Å². The summed E-state index contributed by atoms with van der Waals surface area (Å²) >= 11 is 0. The van der Waals surface area contributed by atoms with Gasteiger partial charge in [-0.3, -0.25) is 0 Å². The van der Waals surface area contributed by atoms with Crippen LogP contribution in [-0.2, 0) is 14.9 Å². The number of carbonyl (C=O) groups excluding carboxylic acids is 1. The van der Waals surface area contributed by atoms with E-state index in [9.17, 15) is 13.2 Å². The Morgan fingerprint density at radius 3 is 2.50 bits per heavy atom. The van der Waals surface area contributed by atoms with Crippen molar-refractivity contribution in [3.05, 3.63) is 24.3 Å². The number of hydrogen-bond acceptors (Lipinski definition) is 6. The number of ether oxygens (including phenoxy) is 3. The number of fused-ring (bicyclic) bond motifs is 1. The summed E-state index contributed by atoms with van der Waals surface area (Å²) in [7, 11) is -3.66. The van der Waals surface area contributed by atoms with Crippen LogP contribution in [0.4, 0.5) is 4.79 Å². The van der Waals surface area contributed by atoms with E-state index in [2.05, 4.69) is 0 Å². The van der Waals surface area contributed by atoms with Gasteiger partial charge in [-0.25, -0.2) is 4.79 Å². The topological polar surface area (TPSA) is 88.6 Å². The average Bonchev–Trinajstić information content (AvgIpc) is 2.72. The van der Waals surface area contributed by atoms with E-state index in [1.807, 2.05) is 18.2 Å². The van der Waals surface area contributed by atoms with Crippen LogP contribution in [0.3, 0.4) is 0 Å². The highest BCUT2D eigenvalue weighted by molar-refractivity contribution is 7.86. The summed E-state index contributed by atoms with van der Waals surface area (Å²) in [4.78, 5) is 13.3. The number of rotatable bonds is 6. The molecule has 0 N–H and O–H groups in total. The second-order valence-electron chi connectivity index (χ2n) is 6.54. The van der Waals surface area contributed by atoms with Gasteiger partial charge in [0.15, 0.2) is 11.5 Å². The lowest BCUT2D eigenvalue weighted by atomic mass is 10.2. The molecule has 1 aromatic carbocycles. The lowest BCUT2D eigenvalue weighted by Crippen LogP contribution is -2.55. The Kier molecular flexibility index (Phi) is 6.63. The smallest absolute Gasteiger partial charge is 0.409 e. The van der Waals surface area contributed by atoms with Crippen molar-refractivity contribution >= 4 is 16.3 Å². The monoisotopic (exact) mass is 413 g/mol. The van der Waals surface area contributed by atoms with E-state index in [1.54, 1.807) is 19.9 Å². The highest BCUT2D eigenvalue weighted by Gasteiger charge is 2.35. The van der Waals surface area contributed by atoms with Crippen molar-refractivity contribution in [1.82, 2.24) is 13.5 Å². The largest absolute Gasteiger partial charge is 0.486 e. The van der Waals surface area contributed by atoms with E-state index < -0.39 is 16.3 Å². The maximum absolute atomic E-state index is 13.1. The fourth-order valence-electron chi connectivity index (χ4n) is 3.25. The summed E-state index contributed by atoms with van der Waals surface area (Å²) in [5.74, 6) is 1.29. The number of benzene rings is 1. The van der Waals surface area contributed by atoms with Crippen molar-refractivity contribution in [3.8, 4) is 11.5 Å². The van der Waals surface area contributed by atoms with Gasteiger partial charge in [0, 0.05) is 32.7 Å². The van der Waals surface area contributed by atoms with Crippen molar-refractivity contribution in [1.29, 1.82) is 0 Å². The highest BCUT2D eigenvalue weighted by Crippen LogP contribution is 2.31. The Labute approximate surface area is 165 Å². The molecule has 0 aliphatic carbocycles. The number of amides is 1. The van der Waals surface area contributed by atoms with Crippen LogP contribution in [-0.4, -0.2) is 86.6 Å². The Morgan fingerprint density at radius 1 is 1.18 bits per heavy atom. The van der Waals surface area contributed by atoms with Gasteiger partial charge in [0.1, 0.15) is 12.7 Å². The second kappa shape index (κ2) is 8.97. The van der Waals surface area contributed by atoms with E-state index in [1.165, 1.54) is 13.5 Å². The molecule has 10 heteroatoms. The minimum atomic E-state index is -3.66. The van der Waals surface area contributed by atoms with Crippen LogP contribution in [0.1, 0.15) is 13.8 Å². The molecule has 0 saturated carbocycles. The van der Waals surface area contributed by atoms with Crippen LogP contribution in [0.25, 0.3) is 0 Å². The quantitative estimate of drug-likeness (QED) is 0.696. The molecular formula is C18H27N3O6S. The molecule has 0 aromatic heterocycles. The van der Waals surface area contributed by atoms with E-state index in [-0.39, 0.29) is 25.7 Å². The Balaban J connectivity index is 1.60. The number of hydrogen-bond donors (Lipinski definition) is 0. The fraction of sp³-hybridized carbons (Fsp3) is 0.611. The predicted molar refractivity (Wildman–Crippen MR) is 103 cm³/mol. The zero-order valence-electron chi connectivity index (χ0n) is 16.2. The molecule has 2 heterocycles. The van der Waals surface area contributed by atoms with Crippen LogP contribution in [0.2, 0.25) is 0 Å². The molecule has 156 valence electrons. The molecule has 1 amide bonds. The van der Waals surface area contributed by atoms with Gasteiger partial charge in [-0.1, -0.05) is 19.1 Å². The van der Waals surface area contributed by atoms with Gasteiger partial charge in [-0.05, 0) is 19.1 Å². The molecule has 1 atom stereocenters. The number of piperazine rings is 1. The van der Waals surface area contributed by atoms with Crippen molar-refractivity contribution < 1.29 is 27.4 Å². The van der Waals surface area contributed by atoms with Crippen molar-refractivity contribution in [3.63, 3.8) is 0 Å². The van der Waals surface area contributed by atoms with Gasteiger partial charge in [-0.2, -0.15) is 17.0 Å². The van der Waals surface area contributed by atoms with E-state index in [0.29, 0.717) is 44.3 Å². The van der Waals surface area contributed by atoms with Gasteiger partial charge in [-0.15, -0.1) is 0 Å². The Morgan fingerprint density at radius 2 is 1.86 bits per heavy atom. The highest BCUT2D eigenvalue weighted by atomic mass is 32.2. The summed E-state index contributed by atoms with van der Waals surface area (Å²) in [5.41, 5.74) is 0. The Hall–Kier alpha value is -2.04. The third-order valence-corrected chi connectivity index (χ3v) is 6.82. The van der Waals surface area contributed by atoms with Crippen molar-refractivity contribution in [2.45, 2.75) is 20.0 Å². The number of likely N-dealkylation sites (N-methyl/N-ethyl adjacent to an activating group) is 1. The van der Waals surface area contributed by atoms with Crippen LogP contribution in [0.5, 0.6) is 11.5 Å². The van der Waals surface area contributed by atoms with Gasteiger partial charge < -0.3 is 19.1 Å².